The molecule has 3 nitrogen and oxygen atoms in total. The van der Waals surface area contributed by atoms with Gasteiger partial charge < -0.3 is 4.90 Å². The molecule has 2 atom stereocenters. The number of alkyl halides is 1. The van der Waals surface area contributed by atoms with Crippen LogP contribution in [-0.4, -0.2) is 28.4 Å². The fraction of sp³-hybridized carbons (Fsp3) is 0.667. The van der Waals surface area contributed by atoms with Crippen LogP contribution < -0.4 is 4.90 Å². The highest BCUT2D eigenvalue weighted by atomic mass is 35.5. The van der Waals surface area contributed by atoms with Crippen molar-refractivity contribution in [3.05, 3.63) is 17.5 Å². The summed E-state index contributed by atoms with van der Waals surface area (Å²) < 4.78 is 0. The molecule has 0 saturated carbocycles. The minimum absolute atomic E-state index is 0.378. The molecular weight excluding hydrogens is 222 g/mol. The summed E-state index contributed by atoms with van der Waals surface area (Å²) in [4.78, 5) is 11.3. The van der Waals surface area contributed by atoms with Crippen LogP contribution in [0.4, 0.5) is 5.95 Å². The number of anilines is 1. The zero-order chi connectivity index (χ0) is 11.7. The predicted molar refractivity (Wildman–Crippen MR) is 67.1 cm³/mol. The Bertz CT molecular complexity index is 360. The van der Waals surface area contributed by atoms with Gasteiger partial charge in [-0.1, -0.05) is 6.92 Å². The molecule has 2 heterocycles. The molecule has 1 saturated heterocycles. The van der Waals surface area contributed by atoms with E-state index in [9.17, 15) is 0 Å². The van der Waals surface area contributed by atoms with Crippen LogP contribution in [0, 0.1) is 19.8 Å². The maximum Gasteiger partial charge on any atom is 0.226 e. The highest BCUT2D eigenvalue weighted by Gasteiger charge is 2.32. The van der Waals surface area contributed by atoms with Crippen molar-refractivity contribution < 1.29 is 0 Å². The normalized spacial score (nSPS) is 25.1. The van der Waals surface area contributed by atoms with Gasteiger partial charge in [0.05, 0.1) is 0 Å². The van der Waals surface area contributed by atoms with Crippen molar-refractivity contribution in [1.82, 2.24) is 9.97 Å². The first-order valence-electron chi connectivity index (χ1n) is 5.76. The minimum atomic E-state index is 0.378. The smallest absolute Gasteiger partial charge is 0.226 e. The molecule has 88 valence electrons. The van der Waals surface area contributed by atoms with E-state index in [2.05, 4.69) is 21.8 Å². The number of aromatic nitrogens is 2. The predicted octanol–water partition coefficient (Wildman–Crippen LogP) is 2.55. The van der Waals surface area contributed by atoms with Gasteiger partial charge in [-0.3, -0.25) is 0 Å². The fourth-order valence-electron chi connectivity index (χ4n) is 2.33. The summed E-state index contributed by atoms with van der Waals surface area (Å²) in [6.07, 6.45) is 1.17. The van der Waals surface area contributed by atoms with Gasteiger partial charge in [-0.25, -0.2) is 9.97 Å². The summed E-state index contributed by atoms with van der Waals surface area (Å²) in [5, 5.41) is 0. The monoisotopic (exact) mass is 239 g/mol. The van der Waals surface area contributed by atoms with Gasteiger partial charge in [0.15, 0.2) is 0 Å². The lowest BCUT2D eigenvalue weighted by Gasteiger charge is -2.25. The lowest BCUT2D eigenvalue weighted by atomic mass is 10.1. The number of rotatable bonds is 2. The first kappa shape index (κ1) is 11.6. The number of halogens is 1. The maximum absolute atomic E-state index is 6.03. The average molecular weight is 240 g/mol. The molecule has 1 aromatic heterocycles. The molecule has 0 N–H and O–H groups in total. The van der Waals surface area contributed by atoms with Gasteiger partial charge in [0.2, 0.25) is 5.95 Å². The van der Waals surface area contributed by atoms with Gasteiger partial charge in [-0.05, 0) is 32.3 Å². The molecule has 16 heavy (non-hydrogen) atoms. The summed E-state index contributed by atoms with van der Waals surface area (Å²) in [5.74, 6) is 2.12. The molecule has 4 heteroatoms. The molecule has 0 aromatic carbocycles. The van der Waals surface area contributed by atoms with Crippen LogP contribution in [0.5, 0.6) is 0 Å². The van der Waals surface area contributed by atoms with Crippen LogP contribution in [0.1, 0.15) is 24.7 Å². The SMILES string of the molecule is Cc1cc(C)nc(N2CCC(C)C2CCl)n1. The van der Waals surface area contributed by atoms with Crippen LogP contribution in [0.2, 0.25) is 0 Å². The molecule has 0 aliphatic carbocycles. The second-order valence-electron chi connectivity index (χ2n) is 4.63. The quantitative estimate of drug-likeness (QED) is 0.743. The number of hydrogen-bond donors (Lipinski definition) is 0. The topological polar surface area (TPSA) is 29.0 Å². The maximum atomic E-state index is 6.03. The summed E-state index contributed by atoms with van der Waals surface area (Å²) in [6.45, 7) is 7.28. The first-order valence-corrected chi connectivity index (χ1v) is 6.30. The molecule has 1 aromatic rings. The van der Waals surface area contributed by atoms with E-state index in [1.54, 1.807) is 0 Å². The van der Waals surface area contributed by atoms with Crippen molar-refractivity contribution in [3.63, 3.8) is 0 Å². The average Bonchev–Trinajstić information content (AvgIpc) is 2.58. The van der Waals surface area contributed by atoms with Crippen molar-refractivity contribution >= 4 is 17.5 Å². The molecule has 1 aliphatic rings. The van der Waals surface area contributed by atoms with Crippen molar-refractivity contribution in [3.8, 4) is 0 Å². The molecule has 0 amide bonds. The van der Waals surface area contributed by atoms with Gasteiger partial charge in [0.1, 0.15) is 0 Å². The van der Waals surface area contributed by atoms with Crippen molar-refractivity contribution in [2.45, 2.75) is 33.2 Å². The van der Waals surface area contributed by atoms with E-state index in [4.69, 9.17) is 11.6 Å². The van der Waals surface area contributed by atoms with Gasteiger partial charge in [-0.15, -0.1) is 11.6 Å². The summed E-state index contributed by atoms with van der Waals surface area (Å²) >= 11 is 6.03. The molecule has 2 unspecified atom stereocenters. The number of nitrogens with zero attached hydrogens (tertiary/aromatic N) is 3. The molecule has 0 spiro atoms. The molecule has 0 bridgehead atoms. The Morgan fingerprint density at radius 2 is 2.00 bits per heavy atom. The lowest BCUT2D eigenvalue weighted by Crippen LogP contribution is -2.35. The molecule has 1 fully saturated rings. The van der Waals surface area contributed by atoms with Crippen LogP contribution in [-0.2, 0) is 0 Å². The molecule has 2 rings (SSSR count). The van der Waals surface area contributed by atoms with E-state index >= 15 is 0 Å². The Labute approximate surface area is 102 Å². The van der Waals surface area contributed by atoms with Gasteiger partial charge in [0.25, 0.3) is 0 Å². The fourth-order valence-corrected chi connectivity index (χ4v) is 2.80. The zero-order valence-electron chi connectivity index (χ0n) is 10.1. The van der Waals surface area contributed by atoms with Crippen LogP contribution in [0.15, 0.2) is 6.07 Å². The van der Waals surface area contributed by atoms with Crippen LogP contribution in [0.25, 0.3) is 0 Å². The highest BCUT2D eigenvalue weighted by Crippen LogP contribution is 2.28. The Kier molecular flexibility index (Phi) is 3.33. The Hall–Kier alpha value is -0.830. The molecule has 0 radical (unpaired) electrons. The third-order valence-electron chi connectivity index (χ3n) is 3.27. The third-order valence-corrected chi connectivity index (χ3v) is 3.58. The van der Waals surface area contributed by atoms with Gasteiger partial charge in [0, 0.05) is 29.9 Å². The first-order chi connectivity index (χ1) is 7.61. The van der Waals surface area contributed by atoms with Crippen LogP contribution >= 0.6 is 11.6 Å². The summed E-state index contributed by atoms with van der Waals surface area (Å²) in [5.41, 5.74) is 2.05. The number of aryl methyl sites for hydroxylation is 2. The van der Waals surface area contributed by atoms with Crippen LogP contribution in [0.3, 0.4) is 0 Å². The Balaban J connectivity index is 2.29. The summed E-state index contributed by atoms with van der Waals surface area (Å²) in [6, 6.07) is 2.38. The minimum Gasteiger partial charge on any atom is -0.336 e. The second-order valence-corrected chi connectivity index (χ2v) is 4.94. The largest absolute Gasteiger partial charge is 0.336 e. The molecule has 1 aliphatic heterocycles. The van der Waals surface area contributed by atoms with E-state index in [-0.39, 0.29) is 0 Å². The lowest BCUT2D eigenvalue weighted by molar-refractivity contribution is 0.546. The van der Waals surface area contributed by atoms with E-state index < -0.39 is 0 Å². The van der Waals surface area contributed by atoms with Crippen molar-refractivity contribution in [1.29, 1.82) is 0 Å². The Morgan fingerprint density at radius 1 is 1.38 bits per heavy atom. The van der Waals surface area contributed by atoms with E-state index in [1.165, 1.54) is 6.42 Å². The van der Waals surface area contributed by atoms with E-state index in [1.807, 2.05) is 19.9 Å². The van der Waals surface area contributed by atoms with Crippen molar-refractivity contribution in [2.24, 2.45) is 5.92 Å². The van der Waals surface area contributed by atoms with Crippen molar-refractivity contribution in [2.75, 3.05) is 17.3 Å². The summed E-state index contributed by atoms with van der Waals surface area (Å²) in [7, 11) is 0. The third kappa shape index (κ3) is 2.14. The highest BCUT2D eigenvalue weighted by molar-refractivity contribution is 6.18. The second kappa shape index (κ2) is 4.58. The van der Waals surface area contributed by atoms with Gasteiger partial charge in [-0.2, -0.15) is 0 Å². The molecular formula is C12H18ClN3. The van der Waals surface area contributed by atoms with Gasteiger partial charge >= 0.3 is 0 Å². The number of hydrogen-bond acceptors (Lipinski definition) is 3. The Morgan fingerprint density at radius 3 is 2.56 bits per heavy atom. The van der Waals surface area contributed by atoms with E-state index in [0.717, 1.165) is 23.9 Å². The van der Waals surface area contributed by atoms with E-state index in [0.29, 0.717) is 17.8 Å². The standard InChI is InChI=1S/C12H18ClN3/c1-8-4-5-16(11(8)7-13)12-14-9(2)6-10(3)15-12/h6,8,11H,4-5,7H2,1-3H3. The zero-order valence-corrected chi connectivity index (χ0v) is 10.8.